The van der Waals surface area contributed by atoms with Gasteiger partial charge in [-0.05, 0) is 0 Å². The Kier molecular flexibility index (Phi) is 6.25. The van der Waals surface area contributed by atoms with Gasteiger partial charge in [0, 0.05) is 25.5 Å². The summed E-state index contributed by atoms with van der Waals surface area (Å²) in [6.45, 7) is -0.255. The maximum Gasteiger partial charge on any atom is 0.248 e. The molecule has 0 aliphatic rings. The Morgan fingerprint density at radius 3 is 2.37 bits per heavy atom. The van der Waals surface area contributed by atoms with E-state index in [0.717, 1.165) is 0 Å². The monoisotopic (exact) mass is 264 g/mol. The van der Waals surface area contributed by atoms with Crippen LogP contribution in [0.5, 0.6) is 0 Å². The van der Waals surface area contributed by atoms with E-state index in [2.05, 4.69) is 15.6 Å². The minimum atomic E-state index is -0.437. The molecule has 1 aromatic rings. The quantitative estimate of drug-likeness (QED) is 0.553. The standard InChI is InChI=1S/C13H16N2O4/c1-14-13(18)9-19-15-12(17)8-7-11(16)10-5-3-2-4-6-10/h2-6H,7-9H2,1H3,(H,14,18)(H,15,17). The van der Waals surface area contributed by atoms with Crippen LogP contribution in [0.1, 0.15) is 23.2 Å². The molecule has 0 aliphatic heterocycles. The summed E-state index contributed by atoms with van der Waals surface area (Å²) < 4.78 is 0. The summed E-state index contributed by atoms with van der Waals surface area (Å²) >= 11 is 0. The summed E-state index contributed by atoms with van der Waals surface area (Å²) in [5.74, 6) is -0.893. The fourth-order valence-corrected chi connectivity index (χ4v) is 1.30. The van der Waals surface area contributed by atoms with Crippen molar-refractivity contribution >= 4 is 17.6 Å². The van der Waals surface area contributed by atoms with E-state index in [0.29, 0.717) is 5.56 Å². The number of likely N-dealkylation sites (N-methyl/N-ethyl adjacent to an activating group) is 1. The number of carbonyl (C=O) groups excluding carboxylic acids is 3. The molecule has 6 nitrogen and oxygen atoms in total. The van der Waals surface area contributed by atoms with Gasteiger partial charge in [0.1, 0.15) is 0 Å². The van der Waals surface area contributed by atoms with Crippen molar-refractivity contribution in [2.75, 3.05) is 13.7 Å². The fourth-order valence-electron chi connectivity index (χ4n) is 1.30. The van der Waals surface area contributed by atoms with Gasteiger partial charge in [0.25, 0.3) is 0 Å². The van der Waals surface area contributed by atoms with Crippen molar-refractivity contribution in [3.63, 3.8) is 0 Å². The second-order valence-corrected chi connectivity index (χ2v) is 3.78. The molecule has 0 saturated carbocycles. The van der Waals surface area contributed by atoms with Crippen LogP contribution in [0.3, 0.4) is 0 Å². The Bertz CT molecular complexity index is 445. The zero-order chi connectivity index (χ0) is 14.1. The lowest BCUT2D eigenvalue weighted by Crippen LogP contribution is -2.31. The maximum atomic E-state index is 11.7. The molecule has 0 fully saturated rings. The summed E-state index contributed by atoms with van der Waals surface area (Å²) in [6, 6.07) is 8.74. The molecule has 0 bridgehead atoms. The number of amides is 2. The lowest BCUT2D eigenvalue weighted by molar-refractivity contribution is -0.138. The smallest absolute Gasteiger partial charge is 0.248 e. The molecular weight excluding hydrogens is 248 g/mol. The number of ketones is 1. The van der Waals surface area contributed by atoms with E-state index in [4.69, 9.17) is 0 Å². The minimum Gasteiger partial charge on any atom is -0.357 e. The first kappa shape index (κ1) is 14.8. The van der Waals surface area contributed by atoms with Crippen molar-refractivity contribution in [3.8, 4) is 0 Å². The molecule has 0 aromatic heterocycles. The van der Waals surface area contributed by atoms with Crippen molar-refractivity contribution in [1.82, 2.24) is 10.8 Å². The van der Waals surface area contributed by atoms with E-state index in [9.17, 15) is 14.4 Å². The van der Waals surface area contributed by atoms with E-state index in [-0.39, 0.29) is 31.1 Å². The van der Waals surface area contributed by atoms with Crippen molar-refractivity contribution in [2.24, 2.45) is 0 Å². The second-order valence-electron chi connectivity index (χ2n) is 3.78. The van der Waals surface area contributed by atoms with Gasteiger partial charge in [-0.1, -0.05) is 30.3 Å². The van der Waals surface area contributed by atoms with Gasteiger partial charge in [-0.25, -0.2) is 5.48 Å². The topological polar surface area (TPSA) is 84.5 Å². The first-order valence-corrected chi connectivity index (χ1v) is 5.83. The predicted octanol–water partition coefficient (Wildman–Crippen LogP) is 0.443. The van der Waals surface area contributed by atoms with Crippen LogP contribution in [0.4, 0.5) is 0 Å². The number of hydroxylamine groups is 1. The van der Waals surface area contributed by atoms with Gasteiger partial charge in [0.2, 0.25) is 11.8 Å². The van der Waals surface area contributed by atoms with E-state index < -0.39 is 5.91 Å². The lowest BCUT2D eigenvalue weighted by Gasteiger charge is -2.05. The van der Waals surface area contributed by atoms with Crippen LogP contribution in [0.25, 0.3) is 0 Å². The highest BCUT2D eigenvalue weighted by Gasteiger charge is 2.09. The van der Waals surface area contributed by atoms with Gasteiger partial charge < -0.3 is 5.32 Å². The summed E-state index contributed by atoms with van der Waals surface area (Å²) in [5.41, 5.74) is 2.67. The van der Waals surface area contributed by atoms with Gasteiger partial charge in [0.15, 0.2) is 12.4 Å². The minimum absolute atomic E-state index is 0.0153. The zero-order valence-corrected chi connectivity index (χ0v) is 10.6. The van der Waals surface area contributed by atoms with E-state index >= 15 is 0 Å². The van der Waals surface area contributed by atoms with Gasteiger partial charge >= 0.3 is 0 Å². The Morgan fingerprint density at radius 1 is 1.05 bits per heavy atom. The molecule has 1 aromatic carbocycles. The molecular formula is C13H16N2O4. The van der Waals surface area contributed by atoms with Crippen LogP contribution in [0.15, 0.2) is 30.3 Å². The van der Waals surface area contributed by atoms with Gasteiger partial charge in [0.05, 0.1) is 0 Å². The SMILES string of the molecule is CNC(=O)CONC(=O)CCC(=O)c1ccccc1. The number of carbonyl (C=O) groups is 3. The average molecular weight is 264 g/mol. The first-order chi connectivity index (χ1) is 9.13. The molecule has 2 N–H and O–H groups in total. The third kappa shape index (κ3) is 5.78. The number of hydrogen-bond donors (Lipinski definition) is 2. The molecule has 0 unspecified atom stereocenters. The lowest BCUT2D eigenvalue weighted by atomic mass is 10.1. The molecule has 6 heteroatoms. The molecule has 0 aliphatic carbocycles. The van der Waals surface area contributed by atoms with Crippen molar-refractivity contribution < 1.29 is 19.2 Å². The van der Waals surface area contributed by atoms with Gasteiger partial charge in [-0.15, -0.1) is 0 Å². The maximum absolute atomic E-state index is 11.7. The molecule has 0 atom stereocenters. The third-order valence-corrected chi connectivity index (χ3v) is 2.34. The summed E-state index contributed by atoms with van der Waals surface area (Å²) in [5, 5.41) is 2.34. The van der Waals surface area contributed by atoms with Crippen molar-refractivity contribution in [3.05, 3.63) is 35.9 Å². The van der Waals surface area contributed by atoms with Crippen LogP contribution in [0, 0.1) is 0 Å². The molecule has 0 radical (unpaired) electrons. The Hall–Kier alpha value is -2.21. The highest BCUT2D eigenvalue weighted by Crippen LogP contribution is 2.04. The number of rotatable bonds is 7. The van der Waals surface area contributed by atoms with E-state index in [1.807, 2.05) is 6.07 Å². The van der Waals surface area contributed by atoms with E-state index in [1.165, 1.54) is 7.05 Å². The highest BCUT2D eigenvalue weighted by atomic mass is 16.7. The molecule has 19 heavy (non-hydrogen) atoms. The second kappa shape index (κ2) is 7.99. The number of nitrogens with one attached hydrogen (secondary N) is 2. The molecule has 0 heterocycles. The summed E-state index contributed by atoms with van der Waals surface area (Å²) in [6.07, 6.45) is 0.112. The molecule has 2 amide bonds. The van der Waals surface area contributed by atoms with Crippen LogP contribution >= 0.6 is 0 Å². The Balaban J connectivity index is 2.23. The van der Waals surface area contributed by atoms with Gasteiger partial charge in [-0.3, -0.25) is 19.2 Å². The van der Waals surface area contributed by atoms with Crippen LogP contribution in [0.2, 0.25) is 0 Å². The molecule has 0 spiro atoms. The van der Waals surface area contributed by atoms with Crippen molar-refractivity contribution in [2.45, 2.75) is 12.8 Å². The van der Waals surface area contributed by atoms with Crippen LogP contribution in [-0.2, 0) is 14.4 Å². The normalized spacial score (nSPS) is 9.74. The zero-order valence-electron chi connectivity index (χ0n) is 10.6. The Labute approximate surface area is 111 Å². The fraction of sp³-hybridized carbons (Fsp3) is 0.308. The van der Waals surface area contributed by atoms with Crippen LogP contribution < -0.4 is 10.8 Å². The summed E-state index contributed by atoms with van der Waals surface area (Å²) in [7, 11) is 1.46. The average Bonchev–Trinajstić information content (AvgIpc) is 2.45. The largest absolute Gasteiger partial charge is 0.357 e. The van der Waals surface area contributed by atoms with E-state index in [1.54, 1.807) is 24.3 Å². The summed E-state index contributed by atoms with van der Waals surface area (Å²) in [4.78, 5) is 38.5. The van der Waals surface area contributed by atoms with Crippen molar-refractivity contribution in [1.29, 1.82) is 0 Å². The molecule has 0 saturated heterocycles. The number of hydrogen-bond acceptors (Lipinski definition) is 4. The molecule has 1 rings (SSSR count). The third-order valence-electron chi connectivity index (χ3n) is 2.34. The van der Waals surface area contributed by atoms with Gasteiger partial charge in [-0.2, -0.15) is 0 Å². The predicted molar refractivity (Wildman–Crippen MR) is 68.2 cm³/mol. The number of benzene rings is 1. The molecule has 102 valence electrons. The number of Topliss-reactive ketones (excluding diaryl/α,β-unsaturated/α-hetero) is 1. The Morgan fingerprint density at radius 2 is 1.74 bits per heavy atom. The first-order valence-electron chi connectivity index (χ1n) is 5.83. The van der Waals surface area contributed by atoms with Crippen LogP contribution in [-0.4, -0.2) is 31.3 Å². The highest BCUT2D eigenvalue weighted by molar-refractivity contribution is 5.97.